The highest BCUT2D eigenvalue weighted by molar-refractivity contribution is 7.91. The molecule has 1 aromatic carbocycles. The van der Waals surface area contributed by atoms with Crippen molar-refractivity contribution < 1.29 is 18.1 Å². The van der Waals surface area contributed by atoms with E-state index in [0.717, 1.165) is 11.3 Å². The molecule has 9 nitrogen and oxygen atoms in total. The van der Waals surface area contributed by atoms with Crippen molar-refractivity contribution in [3.05, 3.63) is 50.3 Å². The van der Waals surface area contributed by atoms with Gasteiger partial charge in [-0.25, -0.2) is 8.42 Å². The highest BCUT2D eigenvalue weighted by Crippen LogP contribution is 2.29. The molecule has 1 amide bonds. The van der Waals surface area contributed by atoms with Crippen molar-refractivity contribution in [1.29, 1.82) is 0 Å². The minimum Gasteiger partial charge on any atom is -0.383 e. The van der Waals surface area contributed by atoms with Crippen LogP contribution in [0.4, 0.5) is 11.4 Å². The summed E-state index contributed by atoms with van der Waals surface area (Å²) >= 11 is 6.81. The number of nitrogens with zero attached hydrogens (tertiary/aromatic N) is 3. The molecule has 1 aromatic heterocycles. The fourth-order valence-electron chi connectivity index (χ4n) is 2.90. The van der Waals surface area contributed by atoms with Gasteiger partial charge in [-0.05, 0) is 24.3 Å². The monoisotopic (exact) mass is 444 g/mol. The van der Waals surface area contributed by atoms with Gasteiger partial charge in [0, 0.05) is 44.9 Å². The number of benzene rings is 1. The molecule has 1 saturated heterocycles. The van der Waals surface area contributed by atoms with Gasteiger partial charge in [0.2, 0.25) is 0 Å². The summed E-state index contributed by atoms with van der Waals surface area (Å²) in [4.78, 5) is 24.8. The summed E-state index contributed by atoms with van der Waals surface area (Å²) in [5.74, 6) is -0.373. The zero-order valence-corrected chi connectivity index (χ0v) is 17.2. The van der Waals surface area contributed by atoms with E-state index in [-0.39, 0.29) is 47.5 Å². The van der Waals surface area contributed by atoms with Gasteiger partial charge in [0.1, 0.15) is 9.90 Å². The lowest BCUT2D eigenvalue weighted by Crippen LogP contribution is -2.50. The van der Waals surface area contributed by atoms with Gasteiger partial charge in [0.05, 0.1) is 9.26 Å². The summed E-state index contributed by atoms with van der Waals surface area (Å²) in [5, 5.41) is 13.9. The average Bonchev–Trinajstić information content (AvgIpc) is 3.14. The number of amides is 1. The lowest BCUT2D eigenvalue weighted by Gasteiger charge is -2.33. The first-order valence-electron chi connectivity index (χ1n) is 8.25. The SMILES string of the molecule is CNc1ccc(C(=O)N2CCN(S(=O)(=O)c3ccc(Cl)s3)CC2)cc1[N+](=O)[O-]. The van der Waals surface area contributed by atoms with Crippen LogP contribution in [-0.4, -0.2) is 61.7 Å². The summed E-state index contributed by atoms with van der Waals surface area (Å²) in [7, 11) is -2.09. The van der Waals surface area contributed by atoms with E-state index in [0.29, 0.717) is 10.0 Å². The third kappa shape index (κ3) is 3.97. The van der Waals surface area contributed by atoms with Crippen molar-refractivity contribution in [3.8, 4) is 0 Å². The largest absolute Gasteiger partial charge is 0.383 e. The van der Waals surface area contributed by atoms with Crippen LogP contribution in [0.5, 0.6) is 0 Å². The predicted octanol–water partition coefficient (Wildman–Crippen LogP) is 2.50. The van der Waals surface area contributed by atoms with E-state index in [2.05, 4.69) is 5.32 Å². The average molecular weight is 445 g/mol. The van der Waals surface area contributed by atoms with Gasteiger partial charge in [-0.1, -0.05) is 11.6 Å². The first-order chi connectivity index (χ1) is 13.2. The van der Waals surface area contributed by atoms with E-state index in [1.54, 1.807) is 7.05 Å². The Kier molecular flexibility index (Phi) is 5.89. The molecule has 0 unspecified atom stereocenters. The highest BCUT2D eigenvalue weighted by Gasteiger charge is 2.32. The molecule has 0 spiro atoms. The number of carbonyl (C=O) groups excluding carboxylic acids is 1. The van der Waals surface area contributed by atoms with Gasteiger partial charge >= 0.3 is 0 Å². The fourth-order valence-corrected chi connectivity index (χ4v) is 5.96. The molecule has 1 fully saturated rings. The molecule has 1 aliphatic heterocycles. The summed E-state index contributed by atoms with van der Waals surface area (Å²) < 4.78 is 27.1. The van der Waals surface area contributed by atoms with E-state index in [1.165, 1.54) is 39.5 Å². The first kappa shape index (κ1) is 20.5. The van der Waals surface area contributed by atoms with Crippen LogP contribution >= 0.6 is 22.9 Å². The second kappa shape index (κ2) is 8.03. The normalized spacial score (nSPS) is 15.4. The van der Waals surface area contributed by atoms with Gasteiger partial charge in [-0.15, -0.1) is 11.3 Å². The molecule has 0 aliphatic carbocycles. The molecular weight excluding hydrogens is 428 g/mol. The third-order valence-corrected chi connectivity index (χ3v) is 7.98. The standard InChI is InChI=1S/C16H17ClN4O5S2/c1-18-12-3-2-11(10-13(12)21(23)24)16(22)19-6-8-20(9-7-19)28(25,26)15-5-4-14(17)27-15/h2-5,10,18H,6-9H2,1H3. The number of nitro groups is 1. The first-order valence-corrected chi connectivity index (χ1v) is 10.9. The number of piperazine rings is 1. The predicted molar refractivity (Wildman–Crippen MR) is 107 cm³/mol. The zero-order chi connectivity index (χ0) is 20.5. The molecule has 0 radical (unpaired) electrons. The zero-order valence-electron chi connectivity index (χ0n) is 14.8. The number of thiophene rings is 1. The Morgan fingerprint density at radius 2 is 1.89 bits per heavy atom. The lowest BCUT2D eigenvalue weighted by atomic mass is 10.1. The maximum absolute atomic E-state index is 12.7. The maximum atomic E-state index is 12.7. The Morgan fingerprint density at radius 1 is 1.21 bits per heavy atom. The number of carbonyl (C=O) groups is 1. The highest BCUT2D eigenvalue weighted by atomic mass is 35.5. The van der Waals surface area contributed by atoms with Gasteiger partial charge in [0.25, 0.3) is 21.6 Å². The molecule has 1 N–H and O–H groups in total. The van der Waals surface area contributed by atoms with Crippen LogP contribution in [0.3, 0.4) is 0 Å². The minimum atomic E-state index is -3.65. The molecule has 0 atom stereocenters. The Balaban J connectivity index is 1.72. The van der Waals surface area contributed by atoms with E-state index >= 15 is 0 Å². The lowest BCUT2D eigenvalue weighted by molar-refractivity contribution is -0.384. The summed E-state index contributed by atoms with van der Waals surface area (Å²) in [5.41, 5.74) is 0.309. The number of anilines is 1. The van der Waals surface area contributed by atoms with Crippen LogP contribution in [0.25, 0.3) is 0 Å². The van der Waals surface area contributed by atoms with E-state index in [9.17, 15) is 23.3 Å². The van der Waals surface area contributed by atoms with Crippen molar-refractivity contribution in [3.63, 3.8) is 0 Å². The number of hydrogen-bond acceptors (Lipinski definition) is 7. The minimum absolute atomic E-state index is 0.139. The number of hydrogen-bond donors (Lipinski definition) is 1. The van der Waals surface area contributed by atoms with Crippen molar-refractivity contribution in [2.45, 2.75) is 4.21 Å². The van der Waals surface area contributed by atoms with Crippen LogP contribution < -0.4 is 5.32 Å². The molecule has 0 bridgehead atoms. The number of rotatable bonds is 5. The maximum Gasteiger partial charge on any atom is 0.293 e. The van der Waals surface area contributed by atoms with Crippen molar-refractivity contribution in [1.82, 2.24) is 9.21 Å². The third-order valence-electron chi connectivity index (χ3n) is 4.38. The molecule has 12 heteroatoms. The number of halogens is 1. The molecule has 0 saturated carbocycles. The van der Waals surface area contributed by atoms with Crippen LogP contribution in [0.2, 0.25) is 4.34 Å². The quantitative estimate of drug-likeness (QED) is 0.560. The number of sulfonamides is 1. The summed E-state index contributed by atoms with van der Waals surface area (Å²) in [6.07, 6.45) is 0. The molecular formula is C16H17ClN4O5S2. The Hall–Kier alpha value is -2.21. The Morgan fingerprint density at radius 3 is 2.43 bits per heavy atom. The number of nitro benzene ring substituents is 1. The molecule has 2 heterocycles. The van der Waals surface area contributed by atoms with Crippen LogP contribution in [0.1, 0.15) is 10.4 Å². The van der Waals surface area contributed by atoms with E-state index in [4.69, 9.17) is 11.6 Å². The summed E-state index contributed by atoms with van der Waals surface area (Å²) in [6, 6.07) is 7.21. The Labute approximate surface area is 170 Å². The van der Waals surface area contributed by atoms with Gasteiger partial charge in [-0.2, -0.15) is 4.31 Å². The molecule has 1 aliphatic rings. The molecule has 28 heavy (non-hydrogen) atoms. The second-order valence-electron chi connectivity index (χ2n) is 5.99. The van der Waals surface area contributed by atoms with Crippen molar-refractivity contribution >= 4 is 50.2 Å². The van der Waals surface area contributed by atoms with Gasteiger partial charge in [-0.3, -0.25) is 14.9 Å². The van der Waals surface area contributed by atoms with Crippen molar-refractivity contribution in [2.75, 3.05) is 38.5 Å². The number of nitrogens with one attached hydrogen (secondary N) is 1. The molecule has 150 valence electrons. The van der Waals surface area contributed by atoms with Gasteiger partial charge < -0.3 is 10.2 Å². The van der Waals surface area contributed by atoms with Crippen LogP contribution in [0.15, 0.2) is 34.5 Å². The van der Waals surface area contributed by atoms with Crippen molar-refractivity contribution in [2.24, 2.45) is 0 Å². The molecule has 2 aromatic rings. The second-order valence-corrected chi connectivity index (χ2v) is 9.87. The van der Waals surface area contributed by atoms with E-state index in [1.807, 2.05) is 0 Å². The van der Waals surface area contributed by atoms with Crippen LogP contribution in [-0.2, 0) is 10.0 Å². The fraction of sp³-hybridized carbons (Fsp3) is 0.312. The van der Waals surface area contributed by atoms with Gasteiger partial charge in [0.15, 0.2) is 0 Å². The smallest absolute Gasteiger partial charge is 0.293 e. The topological polar surface area (TPSA) is 113 Å². The van der Waals surface area contributed by atoms with E-state index < -0.39 is 14.9 Å². The Bertz CT molecular complexity index is 1020. The summed E-state index contributed by atoms with van der Waals surface area (Å²) in [6.45, 7) is 0.665. The van der Waals surface area contributed by atoms with Crippen LogP contribution in [0, 0.1) is 10.1 Å². The molecule has 3 rings (SSSR count).